The Morgan fingerprint density at radius 2 is 0.618 bits per heavy atom. The summed E-state index contributed by atoms with van der Waals surface area (Å²) in [6, 6.07) is 0. The molecule has 0 atom stereocenters. The molecule has 0 saturated heterocycles. The van der Waals surface area contributed by atoms with Crippen LogP contribution in [0.5, 0.6) is 0 Å². The van der Waals surface area contributed by atoms with E-state index in [1.165, 1.54) is 128 Å². The third kappa shape index (κ3) is 26.4. The minimum absolute atomic E-state index is 0.406. The molecule has 0 amide bonds. The lowest BCUT2D eigenvalue weighted by Crippen LogP contribution is -2.37. The maximum absolute atomic E-state index is 8.50. The monoisotopic (exact) mass is 490 g/mol. The second-order valence-corrected chi connectivity index (χ2v) is 10.1. The van der Waals surface area contributed by atoms with Crippen LogP contribution in [0, 0.1) is 5.41 Å². The van der Waals surface area contributed by atoms with Gasteiger partial charge in [0.25, 0.3) is 0 Å². The van der Waals surface area contributed by atoms with Crippen LogP contribution in [-0.2, 0) is 4.74 Å². The van der Waals surface area contributed by atoms with Crippen LogP contribution in [0.2, 0.25) is 0 Å². The van der Waals surface area contributed by atoms with Gasteiger partial charge in [-0.25, -0.2) is 0 Å². The molecule has 0 saturated carbocycles. The molecule has 34 heavy (non-hydrogen) atoms. The predicted octanol–water partition coefficient (Wildman–Crippen LogP) is 6.79. The molecule has 0 aliphatic rings. The highest BCUT2D eigenvalue weighted by atomic mass is 16.5. The normalized spacial score (nSPS) is 11.5. The van der Waals surface area contributed by atoms with Crippen LogP contribution < -0.4 is 0 Å². The number of aliphatic hydroxyl groups is 4. The van der Waals surface area contributed by atoms with Crippen LogP contribution in [0.15, 0.2) is 0 Å². The molecule has 208 valence electrons. The summed E-state index contributed by atoms with van der Waals surface area (Å²) in [5, 5.41) is 34.0. The standard InChI is InChI=1S/C24H50O.C5H12O4/c1-3-5-7-9-11-13-15-17-19-21-23-25-24-22-20-18-16-14-12-10-8-6-4-2;6-1-5(2-7,3-8)4-9/h3-24H2,1-2H3;6-9H,1-4H2. The molecule has 4 N–H and O–H groups in total. The number of hydrogen-bond acceptors (Lipinski definition) is 5. The van der Waals surface area contributed by atoms with E-state index in [-0.39, 0.29) is 0 Å². The fourth-order valence-corrected chi connectivity index (χ4v) is 3.79. The first kappa shape index (κ1) is 36.0. The molecule has 0 radical (unpaired) electrons. The highest BCUT2D eigenvalue weighted by Crippen LogP contribution is 2.13. The van der Waals surface area contributed by atoms with Crippen molar-refractivity contribution in [3.8, 4) is 0 Å². The zero-order valence-corrected chi connectivity index (χ0v) is 23.1. The largest absolute Gasteiger partial charge is 0.396 e. The number of aliphatic hydroxyl groups excluding tert-OH is 4. The fourth-order valence-electron chi connectivity index (χ4n) is 3.79. The third-order valence-electron chi connectivity index (χ3n) is 6.63. The van der Waals surface area contributed by atoms with Gasteiger partial charge in [0, 0.05) is 13.2 Å². The van der Waals surface area contributed by atoms with Gasteiger partial charge in [-0.2, -0.15) is 0 Å². The lowest BCUT2D eigenvalue weighted by molar-refractivity contribution is -0.0328. The Kier molecular flexibility index (Phi) is 32.6. The Labute approximate surface area is 212 Å². The molecular formula is C29H62O5. The van der Waals surface area contributed by atoms with Gasteiger partial charge in [-0.05, 0) is 12.8 Å². The van der Waals surface area contributed by atoms with Gasteiger partial charge >= 0.3 is 0 Å². The average Bonchev–Trinajstić information content (AvgIpc) is 2.87. The molecule has 0 bridgehead atoms. The molecule has 0 spiro atoms. The van der Waals surface area contributed by atoms with E-state index in [2.05, 4.69) is 13.8 Å². The minimum Gasteiger partial charge on any atom is -0.396 e. The Morgan fingerprint density at radius 1 is 0.382 bits per heavy atom. The van der Waals surface area contributed by atoms with E-state index < -0.39 is 31.8 Å². The molecule has 0 rings (SSSR count). The van der Waals surface area contributed by atoms with Crippen molar-refractivity contribution in [2.24, 2.45) is 5.41 Å². The Balaban J connectivity index is 0. The van der Waals surface area contributed by atoms with E-state index in [9.17, 15) is 0 Å². The van der Waals surface area contributed by atoms with E-state index in [1.54, 1.807) is 0 Å². The lowest BCUT2D eigenvalue weighted by atomic mass is 9.93. The van der Waals surface area contributed by atoms with Gasteiger partial charge < -0.3 is 25.2 Å². The smallest absolute Gasteiger partial charge is 0.0627 e. The van der Waals surface area contributed by atoms with Gasteiger partial charge in [-0.3, -0.25) is 0 Å². The quantitative estimate of drug-likeness (QED) is 0.100. The van der Waals surface area contributed by atoms with Crippen LogP contribution in [0.25, 0.3) is 0 Å². The summed E-state index contributed by atoms with van der Waals surface area (Å²) >= 11 is 0. The van der Waals surface area contributed by atoms with Crippen molar-refractivity contribution in [3.05, 3.63) is 0 Å². The molecular weight excluding hydrogens is 428 g/mol. The first-order valence-corrected chi connectivity index (χ1v) is 14.7. The summed E-state index contributed by atoms with van der Waals surface area (Å²) in [4.78, 5) is 0. The van der Waals surface area contributed by atoms with E-state index in [0.29, 0.717) is 0 Å². The second kappa shape index (κ2) is 30.8. The number of unbranched alkanes of at least 4 members (excludes halogenated alkanes) is 18. The molecule has 0 aliphatic carbocycles. The van der Waals surface area contributed by atoms with Gasteiger partial charge in [-0.1, -0.05) is 129 Å². The average molecular weight is 491 g/mol. The van der Waals surface area contributed by atoms with Crippen LogP contribution in [0.1, 0.15) is 142 Å². The first-order valence-electron chi connectivity index (χ1n) is 14.7. The van der Waals surface area contributed by atoms with Gasteiger partial charge in [0.2, 0.25) is 0 Å². The van der Waals surface area contributed by atoms with Gasteiger partial charge in [0.15, 0.2) is 0 Å². The molecule has 0 aromatic carbocycles. The van der Waals surface area contributed by atoms with E-state index >= 15 is 0 Å². The zero-order chi connectivity index (χ0) is 25.6. The van der Waals surface area contributed by atoms with Crippen LogP contribution in [0.3, 0.4) is 0 Å². The van der Waals surface area contributed by atoms with Crippen molar-refractivity contribution in [1.82, 2.24) is 0 Å². The van der Waals surface area contributed by atoms with Crippen LogP contribution in [-0.4, -0.2) is 60.1 Å². The minimum atomic E-state index is -1.11. The predicted molar refractivity (Wildman–Crippen MR) is 145 cm³/mol. The van der Waals surface area contributed by atoms with Crippen molar-refractivity contribution in [2.45, 2.75) is 142 Å². The van der Waals surface area contributed by atoms with Crippen molar-refractivity contribution in [2.75, 3.05) is 39.6 Å². The van der Waals surface area contributed by atoms with E-state index in [4.69, 9.17) is 25.2 Å². The van der Waals surface area contributed by atoms with Crippen molar-refractivity contribution in [3.63, 3.8) is 0 Å². The summed E-state index contributed by atoms with van der Waals surface area (Å²) < 4.78 is 5.78. The lowest BCUT2D eigenvalue weighted by Gasteiger charge is -2.23. The zero-order valence-electron chi connectivity index (χ0n) is 23.1. The molecule has 0 unspecified atom stereocenters. The number of rotatable bonds is 26. The fraction of sp³-hybridized carbons (Fsp3) is 1.00. The molecule has 0 aromatic rings. The van der Waals surface area contributed by atoms with Crippen LogP contribution in [0.4, 0.5) is 0 Å². The Hall–Kier alpha value is -0.200. The first-order chi connectivity index (χ1) is 16.7. The number of hydrogen-bond donors (Lipinski definition) is 4. The van der Waals surface area contributed by atoms with Gasteiger partial charge in [0.1, 0.15) is 0 Å². The Bertz CT molecular complexity index is 308. The molecule has 0 aromatic heterocycles. The van der Waals surface area contributed by atoms with Crippen molar-refractivity contribution < 1.29 is 25.2 Å². The van der Waals surface area contributed by atoms with E-state index in [0.717, 1.165) is 13.2 Å². The van der Waals surface area contributed by atoms with Gasteiger partial charge in [0.05, 0.1) is 31.8 Å². The highest BCUT2D eigenvalue weighted by Gasteiger charge is 2.26. The maximum atomic E-state index is 8.50. The molecule has 0 aliphatic heterocycles. The molecule has 0 fully saturated rings. The van der Waals surface area contributed by atoms with Gasteiger partial charge in [-0.15, -0.1) is 0 Å². The molecule has 5 heteroatoms. The Morgan fingerprint density at radius 3 is 0.824 bits per heavy atom. The summed E-state index contributed by atoms with van der Waals surface area (Å²) in [6.07, 6.45) is 28.2. The van der Waals surface area contributed by atoms with E-state index in [1.807, 2.05) is 0 Å². The van der Waals surface area contributed by atoms with Crippen molar-refractivity contribution >= 4 is 0 Å². The highest BCUT2D eigenvalue weighted by molar-refractivity contribution is 4.74. The third-order valence-corrected chi connectivity index (χ3v) is 6.63. The second-order valence-electron chi connectivity index (χ2n) is 10.1. The molecule has 5 nitrogen and oxygen atoms in total. The van der Waals surface area contributed by atoms with Crippen molar-refractivity contribution in [1.29, 1.82) is 0 Å². The summed E-state index contributed by atoms with van der Waals surface area (Å²) in [7, 11) is 0. The molecule has 0 heterocycles. The SMILES string of the molecule is CCCCCCCCCCCCOCCCCCCCCCCCC.OCC(CO)(CO)CO. The number of ether oxygens (including phenoxy) is 1. The summed E-state index contributed by atoms with van der Waals surface area (Å²) in [6.45, 7) is 4.94. The van der Waals surface area contributed by atoms with Crippen LogP contribution >= 0.6 is 0 Å². The summed E-state index contributed by atoms with van der Waals surface area (Å²) in [5.41, 5.74) is -1.11. The maximum Gasteiger partial charge on any atom is 0.0627 e. The topological polar surface area (TPSA) is 90.2 Å². The summed E-state index contributed by atoms with van der Waals surface area (Å²) in [5.74, 6) is 0.